The lowest BCUT2D eigenvalue weighted by Crippen LogP contribution is -2.36. The first-order chi connectivity index (χ1) is 17.4. The zero-order chi connectivity index (χ0) is 25.2. The average Bonchev–Trinajstić information content (AvgIpc) is 2.89. The van der Waals surface area contributed by atoms with E-state index in [1.54, 1.807) is 17.0 Å². The van der Waals surface area contributed by atoms with Gasteiger partial charge >= 0.3 is 0 Å². The van der Waals surface area contributed by atoms with Gasteiger partial charge in [0.2, 0.25) is 0 Å². The number of nitrogens with one attached hydrogen (secondary N) is 1. The number of pyridine rings is 2. The third kappa shape index (κ3) is 4.38. The molecule has 0 unspecified atom stereocenters. The smallest absolute Gasteiger partial charge is 0.274 e. The molecule has 36 heavy (non-hydrogen) atoms. The molecule has 9 heteroatoms. The molecule has 2 N–H and O–H groups in total. The van der Waals surface area contributed by atoms with E-state index >= 15 is 0 Å². The van der Waals surface area contributed by atoms with E-state index in [9.17, 15) is 23.5 Å². The second-order valence-electron chi connectivity index (χ2n) is 8.29. The maximum atomic E-state index is 14.2. The summed E-state index contributed by atoms with van der Waals surface area (Å²) >= 11 is 0. The number of amides is 2. The van der Waals surface area contributed by atoms with Crippen LogP contribution in [0.1, 0.15) is 32.0 Å². The number of aromatic hydroxyl groups is 1. The number of hydrogen-bond acceptors (Lipinski definition) is 5. The van der Waals surface area contributed by atoms with E-state index in [-0.39, 0.29) is 46.3 Å². The molecule has 1 aliphatic heterocycles. The molecule has 7 nitrogen and oxygen atoms in total. The summed E-state index contributed by atoms with van der Waals surface area (Å²) in [6.45, 7) is 0.678. The number of phenols is 1. The SMILES string of the molecule is O=C(Nc1cnccc1C(=O)N1CCc2cccc(O)c2C1)c1cc(-c2c(F)cccc2F)ccn1. The number of anilines is 1. The molecule has 2 aromatic heterocycles. The molecule has 0 spiro atoms. The highest BCUT2D eigenvalue weighted by atomic mass is 19.1. The van der Waals surface area contributed by atoms with Gasteiger partial charge in [-0.05, 0) is 53.9 Å². The Kier molecular flexibility index (Phi) is 6.12. The van der Waals surface area contributed by atoms with Crippen LogP contribution in [-0.2, 0) is 13.0 Å². The molecule has 2 aromatic carbocycles. The molecule has 1 aliphatic rings. The lowest BCUT2D eigenvalue weighted by Gasteiger charge is -2.29. The fourth-order valence-corrected chi connectivity index (χ4v) is 4.26. The van der Waals surface area contributed by atoms with Crippen molar-refractivity contribution in [1.29, 1.82) is 0 Å². The van der Waals surface area contributed by atoms with Gasteiger partial charge in [-0.1, -0.05) is 18.2 Å². The third-order valence-electron chi connectivity index (χ3n) is 6.08. The minimum absolute atomic E-state index is 0.0887. The van der Waals surface area contributed by atoms with E-state index in [0.29, 0.717) is 18.5 Å². The Balaban J connectivity index is 1.39. The molecule has 0 aliphatic carbocycles. The van der Waals surface area contributed by atoms with Gasteiger partial charge in [0.15, 0.2) is 0 Å². The van der Waals surface area contributed by atoms with Gasteiger partial charge in [0.25, 0.3) is 11.8 Å². The molecule has 0 bridgehead atoms. The number of aromatic nitrogens is 2. The summed E-state index contributed by atoms with van der Waals surface area (Å²) in [4.78, 5) is 35.9. The Bertz CT molecular complexity index is 1470. The number of nitrogens with zero attached hydrogens (tertiary/aromatic N) is 3. The third-order valence-corrected chi connectivity index (χ3v) is 6.08. The van der Waals surface area contributed by atoms with Gasteiger partial charge in [0.05, 0.1) is 23.0 Å². The average molecular weight is 486 g/mol. The van der Waals surface area contributed by atoms with Crippen LogP contribution in [0, 0.1) is 11.6 Å². The van der Waals surface area contributed by atoms with E-state index in [0.717, 1.165) is 17.7 Å². The van der Waals surface area contributed by atoms with Crippen molar-refractivity contribution >= 4 is 17.5 Å². The molecule has 0 fully saturated rings. The van der Waals surface area contributed by atoms with Crippen LogP contribution in [0.4, 0.5) is 14.5 Å². The maximum Gasteiger partial charge on any atom is 0.274 e. The number of benzene rings is 2. The number of carbonyl (C=O) groups is 2. The summed E-state index contributed by atoms with van der Waals surface area (Å²) in [5.41, 5.74) is 1.86. The standard InChI is InChI=1S/C27H20F2N4O3/c28-20-4-2-5-21(29)25(20)17-7-11-31-22(13-17)26(35)32-23-14-30-10-8-18(23)27(36)33-12-9-16-3-1-6-24(34)19(16)15-33/h1-8,10-11,13-14,34H,9,12,15H2,(H,32,35). The maximum absolute atomic E-state index is 14.2. The van der Waals surface area contributed by atoms with E-state index in [1.165, 1.54) is 42.9 Å². The second-order valence-corrected chi connectivity index (χ2v) is 8.29. The van der Waals surface area contributed by atoms with Crippen molar-refractivity contribution < 1.29 is 23.5 Å². The zero-order valence-corrected chi connectivity index (χ0v) is 18.9. The Morgan fingerprint density at radius 1 is 1.00 bits per heavy atom. The van der Waals surface area contributed by atoms with Gasteiger partial charge in [-0.25, -0.2) is 8.78 Å². The highest BCUT2D eigenvalue weighted by Crippen LogP contribution is 2.29. The van der Waals surface area contributed by atoms with E-state index in [2.05, 4.69) is 15.3 Å². The largest absolute Gasteiger partial charge is 0.508 e. The highest BCUT2D eigenvalue weighted by Gasteiger charge is 2.26. The van der Waals surface area contributed by atoms with E-state index < -0.39 is 17.5 Å². The van der Waals surface area contributed by atoms with Crippen molar-refractivity contribution in [1.82, 2.24) is 14.9 Å². The predicted octanol–water partition coefficient (Wildman–Crippen LogP) is 4.58. The van der Waals surface area contributed by atoms with Crippen molar-refractivity contribution in [3.05, 3.63) is 107 Å². The molecule has 4 aromatic rings. The van der Waals surface area contributed by atoms with Gasteiger partial charge in [-0.3, -0.25) is 19.6 Å². The van der Waals surface area contributed by atoms with Gasteiger partial charge in [-0.2, -0.15) is 0 Å². The lowest BCUT2D eigenvalue weighted by molar-refractivity contribution is 0.0734. The number of hydrogen-bond donors (Lipinski definition) is 2. The van der Waals surface area contributed by atoms with Crippen molar-refractivity contribution in [2.45, 2.75) is 13.0 Å². The van der Waals surface area contributed by atoms with Crippen LogP contribution in [0.25, 0.3) is 11.1 Å². The summed E-state index contributed by atoms with van der Waals surface area (Å²) in [7, 11) is 0. The van der Waals surface area contributed by atoms with Crippen LogP contribution < -0.4 is 5.32 Å². The Morgan fingerprint density at radius 2 is 1.78 bits per heavy atom. The number of phenolic OH excluding ortho intramolecular Hbond substituents is 1. The molecule has 180 valence electrons. The Morgan fingerprint density at radius 3 is 2.58 bits per heavy atom. The monoisotopic (exact) mass is 486 g/mol. The molecule has 0 saturated heterocycles. The molecular weight excluding hydrogens is 466 g/mol. The first-order valence-electron chi connectivity index (χ1n) is 11.2. The Hall–Kier alpha value is -4.66. The first-order valence-corrected chi connectivity index (χ1v) is 11.2. The molecule has 2 amide bonds. The van der Waals surface area contributed by atoms with Crippen LogP contribution in [0.2, 0.25) is 0 Å². The quantitative estimate of drug-likeness (QED) is 0.440. The van der Waals surface area contributed by atoms with Crippen molar-refractivity contribution in [3.63, 3.8) is 0 Å². The normalized spacial score (nSPS) is 12.7. The van der Waals surface area contributed by atoms with Crippen LogP contribution in [0.15, 0.2) is 73.2 Å². The van der Waals surface area contributed by atoms with Crippen LogP contribution in [0.3, 0.4) is 0 Å². The molecule has 3 heterocycles. The number of carbonyl (C=O) groups excluding carboxylic acids is 2. The minimum atomic E-state index is -0.762. The van der Waals surface area contributed by atoms with E-state index in [4.69, 9.17) is 0 Å². The van der Waals surface area contributed by atoms with Crippen LogP contribution in [0.5, 0.6) is 5.75 Å². The van der Waals surface area contributed by atoms with Crippen molar-refractivity contribution in [2.75, 3.05) is 11.9 Å². The van der Waals surface area contributed by atoms with Crippen molar-refractivity contribution in [3.8, 4) is 16.9 Å². The predicted molar refractivity (Wildman–Crippen MR) is 128 cm³/mol. The van der Waals surface area contributed by atoms with Gasteiger partial charge in [0, 0.05) is 31.0 Å². The molecule has 0 saturated carbocycles. The van der Waals surface area contributed by atoms with Gasteiger partial charge < -0.3 is 15.3 Å². The molecule has 5 rings (SSSR count). The molecular formula is C27H20F2N4O3. The minimum Gasteiger partial charge on any atom is -0.508 e. The summed E-state index contributed by atoms with van der Waals surface area (Å²) in [6, 6.07) is 13.0. The number of fused-ring (bicyclic) bond motifs is 1. The van der Waals surface area contributed by atoms with E-state index in [1.807, 2.05) is 6.07 Å². The second kappa shape index (κ2) is 9.53. The van der Waals surface area contributed by atoms with Crippen LogP contribution >= 0.6 is 0 Å². The Labute approximate surface area is 205 Å². The first kappa shape index (κ1) is 23.1. The topological polar surface area (TPSA) is 95.4 Å². The van der Waals surface area contributed by atoms with Crippen molar-refractivity contribution in [2.24, 2.45) is 0 Å². The molecule has 0 atom stereocenters. The van der Waals surface area contributed by atoms with Gasteiger partial charge in [0.1, 0.15) is 23.1 Å². The summed E-state index contributed by atoms with van der Waals surface area (Å²) in [6.07, 6.45) is 4.66. The fraction of sp³-hybridized carbons (Fsp3) is 0.111. The zero-order valence-electron chi connectivity index (χ0n) is 18.9. The van der Waals surface area contributed by atoms with Gasteiger partial charge in [-0.15, -0.1) is 0 Å². The summed E-state index contributed by atoms with van der Waals surface area (Å²) in [5, 5.41) is 12.8. The lowest BCUT2D eigenvalue weighted by atomic mass is 9.98. The summed E-state index contributed by atoms with van der Waals surface area (Å²) < 4.78 is 28.5. The summed E-state index contributed by atoms with van der Waals surface area (Å²) in [5.74, 6) is -2.40. The number of rotatable bonds is 4. The fourth-order valence-electron chi connectivity index (χ4n) is 4.26. The molecule has 0 radical (unpaired) electrons. The number of halogens is 2. The van der Waals surface area contributed by atoms with Crippen LogP contribution in [-0.4, -0.2) is 38.3 Å². The highest BCUT2D eigenvalue weighted by molar-refractivity contribution is 6.08.